The Morgan fingerprint density at radius 3 is 2.57 bits per heavy atom. The lowest BCUT2D eigenvalue weighted by Gasteiger charge is -2.12. The highest BCUT2D eigenvalue weighted by Gasteiger charge is 2.21. The average Bonchev–Trinajstić information content (AvgIpc) is 3.10. The molecule has 1 saturated heterocycles. The van der Waals surface area contributed by atoms with Crippen molar-refractivity contribution in [2.75, 3.05) is 11.9 Å². The van der Waals surface area contributed by atoms with Crippen molar-refractivity contribution in [2.24, 2.45) is 0 Å². The van der Waals surface area contributed by atoms with E-state index in [1.165, 1.54) is 0 Å². The molecule has 120 valence electrons. The number of rotatable bonds is 5. The Labute approximate surface area is 140 Å². The van der Waals surface area contributed by atoms with Gasteiger partial charge in [0, 0.05) is 10.7 Å². The Balaban J connectivity index is 1.52. The van der Waals surface area contributed by atoms with Crippen LogP contribution in [0.2, 0.25) is 5.02 Å². The third-order valence-electron chi connectivity index (χ3n) is 3.82. The largest absolute Gasteiger partial charge is 0.489 e. The Morgan fingerprint density at radius 1 is 1.17 bits per heavy atom. The van der Waals surface area contributed by atoms with Gasteiger partial charge in [0.2, 0.25) is 5.91 Å². The number of hydrogen-bond donors (Lipinski definition) is 2. The number of amides is 1. The van der Waals surface area contributed by atoms with Gasteiger partial charge >= 0.3 is 0 Å². The molecule has 0 unspecified atom stereocenters. The fourth-order valence-corrected chi connectivity index (χ4v) is 2.65. The molecule has 0 spiro atoms. The number of benzene rings is 2. The zero-order chi connectivity index (χ0) is 16.1. The summed E-state index contributed by atoms with van der Waals surface area (Å²) in [5, 5.41) is 6.82. The molecule has 1 amide bonds. The zero-order valence-electron chi connectivity index (χ0n) is 12.7. The van der Waals surface area contributed by atoms with Crippen molar-refractivity contribution in [3.8, 4) is 5.75 Å². The van der Waals surface area contributed by atoms with Gasteiger partial charge < -0.3 is 15.4 Å². The predicted molar refractivity (Wildman–Crippen MR) is 91.9 cm³/mol. The predicted octanol–water partition coefficient (Wildman–Crippen LogP) is 3.61. The first-order chi connectivity index (χ1) is 11.2. The zero-order valence-corrected chi connectivity index (χ0v) is 13.5. The number of hydrogen-bond acceptors (Lipinski definition) is 3. The number of anilines is 1. The molecule has 4 nitrogen and oxygen atoms in total. The summed E-state index contributed by atoms with van der Waals surface area (Å²) in [4.78, 5) is 12.0. The van der Waals surface area contributed by atoms with Crippen LogP contribution in [-0.4, -0.2) is 18.5 Å². The third-order valence-corrected chi connectivity index (χ3v) is 4.07. The normalized spacial score (nSPS) is 17.0. The molecule has 2 aromatic carbocycles. The molecule has 1 aliphatic heterocycles. The minimum absolute atomic E-state index is 0.0253. The molecule has 0 aromatic heterocycles. The van der Waals surface area contributed by atoms with E-state index in [1.807, 2.05) is 48.5 Å². The van der Waals surface area contributed by atoms with Crippen LogP contribution in [0, 0.1) is 0 Å². The van der Waals surface area contributed by atoms with Crippen molar-refractivity contribution in [1.29, 1.82) is 0 Å². The van der Waals surface area contributed by atoms with E-state index in [4.69, 9.17) is 16.3 Å². The minimum atomic E-state index is -0.0733. The fraction of sp³-hybridized carbons (Fsp3) is 0.278. The molecule has 2 N–H and O–H groups in total. The first-order valence-corrected chi connectivity index (χ1v) is 8.10. The van der Waals surface area contributed by atoms with Gasteiger partial charge in [-0.3, -0.25) is 4.79 Å². The van der Waals surface area contributed by atoms with Crippen LogP contribution in [0.25, 0.3) is 0 Å². The molecule has 5 heteroatoms. The second kappa shape index (κ2) is 7.49. The van der Waals surface area contributed by atoms with E-state index in [-0.39, 0.29) is 11.9 Å². The molecule has 1 fully saturated rings. The van der Waals surface area contributed by atoms with Gasteiger partial charge in [-0.1, -0.05) is 23.7 Å². The number of nitrogens with one attached hydrogen (secondary N) is 2. The highest BCUT2D eigenvalue weighted by molar-refractivity contribution is 6.30. The lowest BCUT2D eigenvalue weighted by atomic mass is 10.2. The van der Waals surface area contributed by atoms with E-state index in [0.29, 0.717) is 11.6 Å². The van der Waals surface area contributed by atoms with Crippen molar-refractivity contribution in [1.82, 2.24) is 5.32 Å². The maximum atomic E-state index is 12.0. The van der Waals surface area contributed by atoms with Crippen LogP contribution in [0.3, 0.4) is 0 Å². The van der Waals surface area contributed by atoms with Crippen molar-refractivity contribution < 1.29 is 9.53 Å². The molecule has 1 heterocycles. The summed E-state index contributed by atoms with van der Waals surface area (Å²) >= 11 is 5.86. The molecule has 1 aliphatic rings. The van der Waals surface area contributed by atoms with Crippen molar-refractivity contribution in [3.05, 3.63) is 59.1 Å². The van der Waals surface area contributed by atoms with E-state index in [9.17, 15) is 4.79 Å². The number of carbonyl (C=O) groups is 1. The van der Waals surface area contributed by atoms with Crippen LogP contribution < -0.4 is 15.4 Å². The quantitative estimate of drug-likeness (QED) is 0.880. The van der Waals surface area contributed by atoms with Crippen LogP contribution >= 0.6 is 11.6 Å². The van der Waals surface area contributed by atoms with Crippen LogP contribution in [-0.2, 0) is 11.4 Å². The summed E-state index contributed by atoms with van der Waals surface area (Å²) in [5.41, 5.74) is 1.83. The second-order valence-corrected chi connectivity index (χ2v) is 6.01. The maximum absolute atomic E-state index is 12.0. The van der Waals surface area contributed by atoms with Gasteiger partial charge in [0.15, 0.2) is 0 Å². The Morgan fingerprint density at radius 2 is 1.91 bits per heavy atom. The van der Waals surface area contributed by atoms with Gasteiger partial charge in [0.25, 0.3) is 0 Å². The van der Waals surface area contributed by atoms with Gasteiger partial charge in [-0.05, 0) is 61.3 Å². The van der Waals surface area contributed by atoms with Crippen molar-refractivity contribution >= 4 is 23.2 Å². The van der Waals surface area contributed by atoms with Gasteiger partial charge in [-0.15, -0.1) is 0 Å². The lowest BCUT2D eigenvalue weighted by molar-refractivity contribution is -0.117. The lowest BCUT2D eigenvalue weighted by Crippen LogP contribution is -2.35. The average molecular weight is 331 g/mol. The Kier molecular flexibility index (Phi) is 5.16. The maximum Gasteiger partial charge on any atom is 0.241 e. The summed E-state index contributed by atoms with van der Waals surface area (Å²) in [6.07, 6.45) is 1.95. The Hall–Kier alpha value is -2.04. The highest BCUT2D eigenvalue weighted by atomic mass is 35.5. The van der Waals surface area contributed by atoms with Crippen LogP contribution in [0.4, 0.5) is 5.69 Å². The summed E-state index contributed by atoms with van der Waals surface area (Å²) < 4.78 is 5.72. The van der Waals surface area contributed by atoms with E-state index < -0.39 is 0 Å². The van der Waals surface area contributed by atoms with E-state index in [1.54, 1.807) is 0 Å². The molecule has 0 radical (unpaired) electrons. The van der Waals surface area contributed by atoms with Crippen molar-refractivity contribution in [3.63, 3.8) is 0 Å². The summed E-state index contributed by atoms with van der Waals surface area (Å²) in [5.74, 6) is 0.786. The molecule has 0 aliphatic carbocycles. The minimum Gasteiger partial charge on any atom is -0.489 e. The molecule has 2 aromatic rings. The summed E-state index contributed by atoms with van der Waals surface area (Å²) in [6.45, 7) is 1.39. The van der Waals surface area contributed by atoms with Crippen LogP contribution in [0.5, 0.6) is 5.75 Å². The standard InChI is InChI=1S/C18H19ClN2O2/c19-14-5-3-13(4-6-14)12-23-16-9-7-15(8-10-16)21-18(22)17-2-1-11-20-17/h3-10,17,20H,1-2,11-12H2,(H,21,22)/t17-/m0/s1. The summed E-state index contributed by atoms with van der Waals surface area (Å²) in [7, 11) is 0. The fourth-order valence-electron chi connectivity index (χ4n) is 2.52. The highest BCUT2D eigenvalue weighted by Crippen LogP contribution is 2.18. The molecule has 0 bridgehead atoms. The van der Waals surface area contributed by atoms with Gasteiger partial charge in [0.1, 0.15) is 12.4 Å². The van der Waals surface area contributed by atoms with E-state index in [0.717, 1.165) is 36.4 Å². The number of carbonyl (C=O) groups excluding carboxylic acids is 1. The summed E-state index contributed by atoms with van der Waals surface area (Å²) in [6, 6.07) is 14.9. The number of ether oxygens (including phenoxy) is 1. The van der Waals surface area contributed by atoms with E-state index in [2.05, 4.69) is 10.6 Å². The van der Waals surface area contributed by atoms with Crippen molar-refractivity contribution in [2.45, 2.75) is 25.5 Å². The SMILES string of the molecule is O=C(Nc1ccc(OCc2ccc(Cl)cc2)cc1)[C@@H]1CCCN1. The number of halogens is 1. The monoisotopic (exact) mass is 330 g/mol. The Bertz CT molecular complexity index is 650. The topological polar surface area (TPSA) is 50.4 Å². The molecule has 23 heavy (non-hydrogen) atoms. The van der Waals surface area contributed by atoms with Crippen LogP contribution in [0.1, 0.15) is 18.4 Å². The first-order valence-electron chi connectivity index (χ1n) is 7.72. The first kappa shape index (κ1) is 15.8. The molecule has 3 rings (SSSR count). The smallest absolute Gasteiger partial charge is 0.241 e. The molecular formula is C18H19ClN2O2. The molecule has 1 atom stereocenters. The molecular weight excluding hydrogens is 312 g/mol. The second-order valence-electron chi connectivity index (χ2n) is 5.58. The molecule has 0 saturated carbocycles. The van der Waals surface area contributed by atoms with Crippen LogP contribution in [0.15, 0.2) is 48.5 Å². The van der Waals surface area contributed by atoms with E-state index >= 15 is 0 Å². The van der Waals surface area contributed by atoms with Gasteiger partial charge in [0.05, 0.1) is 6.04 Å². The van der Waals surface area contributed by atoms with Gasteiger partial charge in [-0.2, -0.15) is 0 Å². The third kappa shape index (κ3) is 4.47. The van der Waals surface area contributed by atoms with Gasteiger partial charge in [-0.25, -0.2) is 0 Å².